The van der Waals surface area contributed by atoms with Crippen molar-refractivity contribution < 1.29 is 14.6 Å². The van der Waals surface area contributed by atoms with Gasteiger partial charge in [-0.3, -0.25) is 0 Å². The Morgan fingerprint density at radius 1 is 1.40 bits per heavy atom. The number of aromatic nitrogens is 3. The zero-order valence-electron chi connectivity index (χ0n) is 11.1. The quantitative estimate of drug-likeness (QED) is 0.796. The molecule has 0 spiro atoms. The van der Waals surface area contributed by atoms with Crippen molar-refractivity contribution in [2.45, 2.75) is 13.5 Å². The summed E-state index contributed by atoms with van der Waals surface area (Å²) in [5, 5.41) is 19.2. The minimum absolute atomic E-state index is 0.0499. The highest BCUT2D eigenvalue weighted by Gasteiger charge is 2.07. The van der Waals surface area contributed by atoms with Crippen LogP contribution in [0.4, 0.5) is 5.69 Å². The summed E-state index contributed by atoms with van der Waals surface area (Å²) in [5.41, 5.74) is 0.915. The average Bonchev–Trinajstić information content (AvgIpc) is 2.90. The van der Waals surface area contributed by atoms with Crippen LogP contribution >= 0.6 is 0 Å². The van der Waals surface area contributed by atoms with Gasteiger partial charge in [0.15, 0.2) is 5.69 Å². The van der Waals surface area contributed by atoms with Gasteiger partial charge in [-0.25, -0.2) is 9.48 Å². The molecule has 0 saturated carbocycles. The highest BCUT2D eigenvalue weighted by atomic mass is 16.5. The van der Waals surface area contributed by atoms with Gasteiger partial charge in [0.05, 0.1) is 19.3 Å². The highest BCUT2D eigenvalue weighted by molar-refractivity contribution is 5.84. The lowest BCUT2D eigenvalue weighted by atomic mass is 10.3. The first kappa shape index (κ1) is 13.9. The molecule has 20 heavy (non-hydrogen) atoms. The molecule has 1 heterocycles. The number of carboxylic acids is 1. The van der Waals surface area contributed by atoms with E-state index in [9.17, 15) is 4.79 Å². The standard InChI is InChI=1S/C13H16N4O3/c1-2-20-11-5-3-10(4-6-11)14-7-8-17-9-12(13(18)19)15-16-17/h3-6,9,14H,2,7-8H2,1H3,(H,18,19). The zero-order chi connectivity index (χ0) is 14.4. The van der Waals surface area contributed by atoms with Gasteiger partial charge in [-0.05, 0) is 31.2 Å². The third-order valence-corrected chi connectivity index (χ3v) is 2.59. The van der Waals surface area contributed by atoms with Crippen LogP contribution in [0.1, 0.15) is 17.4 Å². The predicted molar refractivity (Wildman–Crippen MR) is 73.1 cm³/mol. The molecule has 0 amide bonds. The molecule has 2 rings (SSSR count). The summed E-state index contributed by atoms with van der Waals surface area (Å²) in [6.07, 6.45) is 1.40. The normalized spacial score (nSPS) is 10.2. The molecule has 0 saturated heterocycles. The van der Waals surface area contributed by atoms with Gasteiger partial charge >= 0.3 is 5.97 Å². The SMILES string of the molecule is CCOc1ccc(NCCn2cc(C(=O)O)nn2)cc1. The van der Waals surface area contributed by atoms with Crippen molar-refractivity contribution in [1.82, 2.24) is 15.0 Å². The van der Waals surface area contributed by atoms with E-state index in [1.807, 2.05) is 31.2 Å². The molecule has 7 nitrogen and oxygen atoms in total. The van der Waals surface area contributed by atoms with E-state index in [1.165, 1.54) is 10.9 Å². The average molecular weight is 276 g/mol. The zero-order valence-corrected chi connectivity index (χ0v) is 11.1. The number of nitrogens with zero attached hydrogens (tertiary/aromatic N) is 3. The molecule has 106 valence electrons. The third kappa shape index (κ3) is 3.71. The largest absolute Gasteiger partial charge is 0.494 e. The molecule has 2 N–H and O–H groups in total. The Morgan fingerprint density at radius 2 is 2.15 bits per heavy atom. The van der Waals surface area contributed by atoms with E-state index in [2.05, 4.69) is 15.6 Å². The minimum atomic E-state index is -1.07. The van der Waals surface area contributed by atoms with Gasteiger partial charge in [-0.2, -0.15) is 0 Å². The summed E-state index contributed by atoms with van der Waals surface area (Å²) in [7, 11) is 0. The van der Waals surface area contributed by atoms with E-state index in [1.54, 1.807) is 0 Å². The molecule has 0 atom stereocenters. The first-order valence-electron chi connectivity index (χ1n) is 6.29. The number of ether oxygens (including phenoxy) is 1. The fourth-order valence-corrected chi connectivity index (χ4v) is 1.66. The molecule has 1 aromatic heterocycles. The minimum Gasteiger partial charge on any atom is -0.494 e. The second kappa shape index (κ2) is 6.55. The lowest BCUT2D eigenvalue weighted by molar-refractivity contribution is 0.0690. The maximum absolute atomic E-state index is 10.7. The van der Waals surface area contributed by atoms with Crippen LogP contribution in [0.25, 0.3) is 0 Å². The monoisotopic (exact) mass is 276 g/mol. The molecule has 0 fully saturated rings. The first-order chi connectivity index (χ1) is 9.69. The fraction of sp³-hybridized carbons (Fsp3) is 0.308. The maximum Gasteiger partial charge on any atom is 0.358 e. The van der Waals surface area contributed by atoms with E-state index < -0.39 is 5.97 Å². The Morgan fingerprint density at radius 3 is 2.75 bits per heavy atom. The lowest BCUT2D eigenvalue weighted by Gasteiger charge is -2.07. The van der Waals surface area contributed by atoms with Crippen LogP contribution in [-0.2, 0) is 6.54 Å². The fourth-order valence-electron chi connectivity index (χ4n) is 1.66. The van der Waals surface area contributed by atoms with Crippen molar-refractivity contribution in [2.75, 3.05) is 18.5 Å². The first-order valence-corrected chi connectivity index (χ1v) is 6.29. The Bertz CT molecular complexity index is 565. The summed E-state index contributed by atoms with van der Waals surface area (Å²) in [4.78, 5) is 10.7. The number of carboxylic acid groups (broad SMARTS) is 1. The number of hydrogen-bond acceptors (Lipinski definition) is 5. The Labute approximate surface area is 116 Å². The van der Waals surface area contributed by atoms with Crippen molar-refractivity contribution >= 4 is 11.7 Å². The number of hydrogen-bond donors (Lipinski definition) is 2. The van der Waals surface area contributed by atoms with Gasteiger partial charge in [0, 0.05) is 12.2 Å². The van der Waals surface area contributed by atoms with Crippen LogP contribution in [-0.4, -0.2) is 39.2 Å². The summed E-state index contributed by atoms with van der Waals surface area (Å²) in [6.45, 7) is 3.74. The molecule has 0 aliphatic rings. The summed E-state index contributed by atoms with van der Waals surface area (Å²) in [5.74, 6) is -0.240. The molecule has 7 heteroatoms. The maximum atomic E-state index is 10.7. The van der Waals surface area contributed by atoms with E-state index in [-0.39, 0.29) is 5.69 Å². The third-order valence-electron chi connectivity index (χ3n) is 2.59. The van der Waals surface area contributed by atoms with Crippen molar-refractivity contribution in [1.29, 1.82) is 0 Å². The summed E-state index contributed by atoms with van der Waals surface area (Å²) >= 11 is 0. The van der Waals surface area contributed by atoms with Crippen LogP contribution in [0.5, 0.6) is 5.75 Å². The molecule has 0 aliphatic carbocycles. The number of carbonyl (C=O) groups is 1. The van der Waals surface area contributed by atoms with E-state index >= 15 is 0 Å². The highest BCUT2D eigenvalue weighted by Crippen LogP contribution is 2.15. The van der Waals surface area contributed by atoms with Crippen molar-refractivity contribution in [2.24, 2.45) is 0 Å². The van der Waals surface area contributed by atoms with E-state index in [0.29, 0.717) is 19.7 Å². The molecular weight excluding hydrogens is 260 g/mol. The Kier molecular flexibility index (Phi) is 4.54. The Hall–Kier alpha value is -2.57. The Balaban J connectivity index is 1.81. The van der Waals surface area contributed by atoms with E-state index in [0.717, 1.165) is 11.4 Å². The van der Waals surface area contributed by atoms with Gasteiger partial charge in [-0.15, -0.1) is 5.10 Å². The molecule has 0 radical (unpaired) electrons. The number of benzene rings is 1. The molecule has 0 bridgehead atoms. The van der Waals surface area contributed by atoms with E-state index in [4.69, 9.17) is 9.84 Å². The molecule has 2 aromatic rings. The van der Waals surface area contributed by atoms with Crippen LogP contribution in [0.2, 0.25) is 0 Å². The number of aromatic carboxylic acids is 1. The molecule has 0 aliphatic heterocycles. The smallest absolute Gasteiger partial charge is 0.358 e. The predicted octanol–water partition coefficient (Wildman–Crippen LogP) is 1.49. The number of anilines is 1. The van der Waals surface area contributed by atoms with Gasteiger partial charge < -0.3 is 15.2 Å². The molecule has 1 aromatic carbocycles. The lowest BCUT2D eigenvalue weighted by Crippen LogP contribution is -2.11. The topological polar surface area (TPSA) is 89.3 Å². The summed E-state index contributed by atoms with van der Waals surface area (Å²) in [6, 6.07) is 7.64. The van der Waals surface area contributed by atoms with Crippen molar-refractivity contribution in [3.63, 3.8) is 0 Å². The van der Waals surface area contributed by atoms with Gasteiger partial charge in [0.1, 0.15) is 5.75 Å². The summed E-state index contributed by atoms with van der Waals surface area (Å²) < 4.78 is 6.85. The van der Waals surface area contributed by atoms with Crippen LogP contribution in [0.15, 0.2) is 30.5 Å². The van der Waals surface area contributed by atoms with Crippen molar-refractivity contribution in [3.8, 4) is 5.75 Å². The second-order valence-electron chi connectivity index (χ2n) is 4.06. The van der Waals surface area contributed by atoms with Gasteiger partial charge in [-0.1, -0.05) is 5.21 Å². The van der Waals surface area contributed by atoms with Crippen molar-refractivity contribution in [3.05, 3.63) is 36.2 Å². The molecule has 0 unspecified atom stereocenters. The van der Waals surface area contributed by atoms with Gasteiger partial charge in [0.2, 0.25) is 0 Å². The van der Waals surface area contributed by atoms with Gasteiger partial charge in [0.25, 0.3) is 0 Å². The number of nitrogens with one attached hydrogen (secondary N) is 1. The second-order valence-corrected chi connectivity index (χ2v) is 4.06. The van der Waals surface area contributed by atoms with Crippen LogP contribution in [0, 0.1) is 0 Å². The number of rotatable bonds is 7. The van der Waals surface area contributed by atoms with Crippen LogP contribution in [0.3, 0.4) is 0 Å². The van der Waals surface area contributed by atoms with Crippen LogP contribution < -0.4 is 10.1 Å². The molecular formula is C13H16N4O3.